The van der Waals surface area contributed by atoms with Crippen molar-refractivity contribution < 1.29 is 27.7 Å². The Labute approximate surface area is 134 Å². The minimum atomic E-state index is -4.53. The van der Waals surface area contributed by atoms with E-state index in [-0.39, 0.29) is 24.3 Å². The first-order valence-electron chi connectivity index (χ1n) is 6.95. The Morgan fingerprint density at radius 3 is 2.71 bits per heavy atom. The number of carbonyl (C=O) groups excluding carboxylic acids is 2. The van der Waals surface area contributed by atoms with Crippen molar-refractivity contribution in [3.63, 3.8) is 0 Å². The third kappa shape index (κ3) is 4.00. The molecule has 1 unspecified atom stereocenters. The fourth-order valence-corrected chi connectivity index (χ4v) is 2.52. The van der Waals surface area contributed by atoms with E-state index in [2.05, 4.69) is 0 Å². The summed E-state index contributed by atoms with van der Waals surface area (Å²) in [7, 11) is 1.36. The highest BCUT2D eigenvalue weighted by Gasteiger charge is 2.41. The van der Waals surface area contributed by atoms with E-state index in [1.807, 2.05) is 0 Å². The molecule has 7 nitrogen and oxygen atoms in total. The predicted molar refractivity (Wildman–Crippen MR) is 77.2 cm³/mol. The van der Waals surface area contributed by atoms with Gasteiger partial charge in [-0.15, -0.1) is 0 Å². The number of hydrogen-bond acceptors (Lipinski definition) is 4. The molecule has 1 aliphatic rings. The van der Waals surface area contributed by atoms with Crippen LogP contribution in [0.3, 0.4) is 0 Å². The maximum Gasteiger partial charge on any atom is 0.406 e. The predicted octanol–water partition coefficient (Wildman–Crippen LogP) is 1.97. The average molecular weight is 345 g/mol. The first-order valence-corrected chi connectivity index (χ1v) is 6.95. The zero-order chi connectivity index (χ0) is 18.1. The summed E-state index contributed by atoms with van der Waals surface area (Å²) < 4.78 is 37.2. The summed E-state index contributed by atoms with van der Waals surface area (Å²) in [5, 5.41) is 10.8. The van der Waals surface area contributed by atoms with E-state index in [4.69, 9.17) is 0 Å². The van der Waals surface area contributed by atoms with Gasteiger partial charge in [0.05, 0.1) is 16.5 Å². The number of nitrogens with zero attached hydrogens (tertiary/aromatic N) is 3. The molecule has 24 heavy (non-hydrogen) atoms. The van der Waals surface area contributed by atoms with Crippen LogP contribution >= 0.6 is 0 Å². The largest absolute Gasteiger partial charge is 0.406 e. The van der Waals surface area contributed by atoms with E-state index >= 15 is 0 Å². The topological polar surface area (TPSA) is 83.8 Å². The Hall–Kier alpha value is -2.65. The SMILES string of the molecule is CN(C(=O)C1CC(=O)N(CC(F)(F)F)C1)c1cccc([N+](=O)[O-])c1. The number of benzene rings is 1. The number of amides is 2. The summed E-state index contributed by atoms with van der Waals surface area (Å²) in [6.45, 7) is -1.72. The van der Waals surface area contributed by atoms with Crippen LogP contribution < -0.4 is 4.90 Å². The Morgan fingerprint density at radius 2 is 2.12 bits per heavy atom. The molecule has 0 saturated carbocycles. The number of carbonyl (C=O) groups is 2. The van der Waals surface area contributed by atoms with Crippen molar-refractivity contribution in [3.05, 3.63) is 34.4 Å². The number of non-ortho nitro benzene ring substituents is 1. The highest BCUT2D eigenvalue weighted by molar-refractivity contribution is 5.98. The molecule has 0 spiro atoms. The van der Waals surface area contributed by atoms with Crippen LogP contribution in [0.1, 0.15) is 6.42 Å². The lowest BCUT2D eigenvalue weighted by Gasteiger charge is -2.22. The van der Waals surface area contributed by atoms with Crippen LogP contribution in [0.2, 0.25) is 0 Å². The van der Waals surface area contributed by atoms with Gasteiger partial charge in [0.15, 0.2) is 0 Å². The summed E-state index contributed by atoms with van der Waals surface area (Å²) in [4.78, 5) is 35.9. The van der Waals surface area contributed by atoms with E-state index < -0.39 is 35.4 Å². The monoisotopic (exact) mass is 345 g/mol. The molecule has 1 aliphatic heterocycles. The average Bonchev–Trinajstić information content (AvgIpc) is 2.85. The number of nitro groups is 1. The van der Waals surface area contributed by atoms with Gasteiger partial charge in [-0.05, 0) is 6.07 Å². The number of rotatable bonds is 4. The summed E-state index contributed by atoms with van der Waals surface area (Å²) in [6.07, 6.45) is -4.84. The number of alkyl halides is 3. The van der Waals surface area contributed by atoms with Crippen molar-refractivity contribution in [1.82, 2.24) is 4.90 Å². The van der Waals surface area contributed by atoms with Crippen molar-refractivity contribution in [1.29, 1.82) is 0 Å². The first kappa shape index (κ1) is 17.7. The smallest absolute Gasteiger partial charge is 0.333 e. The zero-order valence-corrected chi connectivity index (χ0v) is 12.6. The molecule has 2 rings (SSSR count). The van der Waals surface area contributed by atoms with Crippen LogP contribution in [0.15, 0.2) is 24.3 Å². The highest BCUT2D eigenvalue weighted by atomic mass is 19.4. The van der Waals surface area contributed by atoms with Crippen molar-refractivity contribution in [2.24, 2.45) is 5.92 Å². The van der Waals surface area contributed by atoms with E-state index in [0.717, 1.165) is 4.90 Å². The van der Waals surface area contributed by atoms with Gasteiger partial charge in [-0.2, -0.15) is 13.2 Å². The van der Waals surface area contributed by atoms with Crippen molar-refractivity contribution in [2.75, 3.05) is 25.0 Å². The molecule has 0 N–H and O–H groups in total. The molecule has 1 aromatic carbocycles. The third-order valence-electron chi connectivity index (χ3n) is 3.69. The number of likely N-dealkylation sites (tertiary alicyclic amines) is 1. The highest BCUT2D eigenvalue weighted by Crippen LogP contribution is 2.27. The molecule has 0 aromatic heterocycles. The van der Waals surface area contributed by atoms with Gasteiger partial charge in [0.1, 0.15) is 6.54 Å². The van der Waals surface area contributed by atoms with Crippen LogP contribution in [0.25, 0.3) is 0 Å². The van der Waals surface area contributed by atoms with Gasteiger partial charge in [-0.25, -0.2) is 0 Å². The second-order valence-corrected chi connectivity index (χ2v) is 5.46. The minimum Gasteiger partial charge on any atom is -0.333 e. The molecule has 0 radical (unpaired) electrons. The summed E-state index contributed by atoms with van der Waals surface area (Å²) in [6, 6.07) is 5.30. The molecule has 10 heteroatoms. The van der Waals surface area contributed by atoms with E-state index in [1.165, 1.54) is 31.3 Å². The second-order valence-electron chi connectivity index (χ2n) is 5.46. The molecule has 1 fully saturated rings. The van der Waals surface area contributed by atoms with E-state index in [0.29, 0.717) is 4.90 Å². The van der Waals surface area contributed by atoms with Crippen LogP contribution in [-0.2, 0) is 9.59 Å². The van der Waals surface area contributed by atoms with Gasteiger partial charge in [-0.1, -0.05) is 6.07 Å². The minimum absolute atomic E-state index is 0.214. The lowest BCUT2D eigenvalue weighted by atomic mass is 10.1. The van der Waals surface area contributed by atoms with Gasteiger partial charge >= 0.3 is 6.18 Å². The van der Waals surface area contributed by atoms with Crippen LogP contribution in [0.5, 0.6) is 0 Å². The maximum atomic E-state index is 12.4. The van der Waals surface area contributed by atoms with Crippen molar-refractivity contribution >= 4 is 23.2 Å². The molecule has 1 atom stereocenters. The van der Waals surface area contributed by atoms with Gasteiger partial charge in [0.2, 0.25) is 11.8 Å². The molecule has 0 bridgehead atoms. The fourth-order valence-electron chi connectivity index (χ4n) is 2.52. The lowest BCUT2D eigenvalue weighted by molar-refractivity contribution is -0.384. The normalized spacial score (nSPS) is 17.9. The quantitative estimate of drug-likeness (QED) is 0.617. The molecule has 1 saturated heterocycles. The number of hydrogen-bond donors (Lipinski definition) is 0. The van der Waals surface area contributed by atoms with E-state index in [1.54, 1.807) is 0 Å². The van der Waals surface area contributed by atoms with E-state index in [9.17, 15) is 32.9 Å². The number of halogens is 3. The fraction of sp³-hybridized carbons (Fsp3) is 0.429. The molecule has 130 valence electrons. The van der Waals surface area contributed by atoms with Crippen LogP contribution in [0.4, 0.5) is 24.5 Å². The summed E-state index contributed by atoms with van der Waals surface area (Å²) in [5.74, 6) is -2.21. The Morgan fingerprint density at radius 1 is 1.46 bits per heavy atom. The Kier molecular flexibility index (Phi) is 4.76. The number of nitro benzene ring substituents is 1. The summed E-state index contributed by atoms with van der Waals surface area (Å²) >= 11 is 0. The third-order valence-corrected chi connectivity index (χ3v) is 3.69. The molecule has 0 aliphatic carbocycles. The van der Waals surface area contributed by atoms with Crippen molar-refractivity contribution in [2.45, 2.75) is 12.6 Å². The van der Waals surface area contributed by atoms with Crippen LogP contribution in [-0.4, -0.2) is 48.0 Å². The zero-order valence-electron chi connectivity index (χ0n) is 12.6. The number of anilines is 1. The standard InChI is InChI=1S/C14H14F3N3O4/c1-18(10-3-2-4-11(6-10)20(23)24)13(22)9-5-12(21)19(7-9)8-14(15,16)17/h2-4,6,9H,5,7-8H2,1H3. The first-order chi connectivity index (χ1) is 11.1. The Bertz CT molecular complexity index is 677. The molecular formula is C14H14F3N3O4. The Balaban J connectivity index is 2.10. The second kappa shape index (κ2) is 6.46. The maximum absolute atomic E-state index is 12.4. The van der Waals surface area contributed by atoms with Gasteiger partial charge in [0, 0.05) is 32.1 Å². The molecule has 1 aromatic rings. The summed E-state index contributed by atoms with van der Waals surface area (Å²) in [5.41, 5.74) is 0.0178. The van der Waals surface area contributed by atoms with Crippen molar-refractivity contribution in [3.8, 4) is 0 Å². The van der Waals surface area contributed by atoms with Gasteiger partial charge in [0.25, 0.3) is 5.69 Å². The molecule has 1 heterocycles. The molecular weight excluding hydrogens is 331 g/mol. The molecule has 2 amide bonds. The van der Waals surface area contributed by atoms with Gasteiger partial charge < -0.3 is 9.80 Å². The lowest BCUT2D eigenvalue weighted by Crippen LogP contribution is -2.37. The van der Waals surface area contributed by atoms with Crippen LogP contribution in [0, 0.1) is 16.0 Å². The van der Waals surface area contributed by atoms with Gasteiger partial charge in [-0.3, -0.25) is 19.7 Å².